The molecular formula is C38H59N5O6S. The molecular weight excluding hydrogens is 655 g/mol. The lowest BCUT2D eigenvalue weighted by atomic mass is 9.85. The second-order valence-electron chi connectivity index (χ2n) is 15.5. The van der Waals surface area contributed by atoms with Crippen molar-refractivity contribution < 1.29 is 29.0 Å². The number of amides is 4. The fourth-order valence-electron chi connectivity index (χ4n) is 6.05. The molecule has 278 valence electrons. The molecule has 4 atom stereocenters. The van der Waals surface area contributed by atoms with Gasteiger partial charge in [0.05, 0.1) is 28.2 Å². The van der Waals surface area contributed by atoms with E-state index in [1.807, 2.05) is 85.2 Å². The second kappa shape index (κ2) is 18.6. The molecule has 12 heteroatoms. The standard InChI is InChI=1S/C38H59N5O6S/c1-25(27-17-19-28(20-18-27)32-26(2)40-24-50-32)41-34(46)30-22-29(44)23-43(30)35(47)33(37(3,4)5)42-31(45)16-14-12-10-9-11-13-15-21-39-36(48)49-38(6,7)8/h17-20,24-25,29-30,33,44H,9-16,21-23H2,1-8H3,(H,39,48)(H,41,46)(H,42,45). The maximum Gasteiger partial charge on any atom is 0.407 e. The summed E-state index contributed by atoms with van der Waals surface area (Å²) in [4.78, 5) is 59.0. The number of unbranched alkanes of at least 4 members (excludes halogenated alkanes) is 6. The Labute approximate surface area is 302 Å². The lowest BCUT2D eigenvalue weighted by Crippen LogP contribution is -2.57. The van der Waals surface area contributed by atoms with Gasteiger partial charge in [-0.3, -0.25) is 14.4 Å². The third kappa shape index (κ3) is 13.0. The number of aliphatic hydroxyl groups is 1. The number of carbonyl (C=O) groups excluding carboxylic acids is 4. The highest BCUT2D eigenvalue weighted by molar-refractivity contribution is 7.13. The van der Waals surface area contributed by atoms with Crippen LogP contribution in [0, 0.1) is 12.3 Å². The quantitative estimate of drug-likeness (QED) is 0.146. The molecule has 1 saturated heterocycles. The summed E-state index contributed by atoms with van der Waals surface area (Å²) < 4.78 is 5.24. The van der Waals surface area contributed by atoms with Gasteiger partial charge in [-0.25, -0.2) is 9.78 Å². The Balaban J connectivity index is 1.44. The number of nitrogens with zero attached hydrogens (tertiary/aromatic N) is 2. The molecule has 0 saturated carbocycles. The molecule has 1 aromatic carbocycles. The minimum atomic E-state index is -0.843. The zero-order valence-corrected chi connectivity index (χ0v) is 32.1. The second-order valence-corrected chi connectivity index (χ2v) is 16.4. The van der Waals surface area contributed by atoms with Crippen molar-refractivity contribution in [2.45, 2.75) is 143 Å². The summed E-state index contributed by atoms with van der Waals surface area (Å²) in [5, 5.41) is 19.3. The Bertz CT molecular complexity index is 1410. The van der Waals surface area contributed by atoms with Crippen LogP contribution in [-0.4, -0.2) is 75.7 Å². The number of ether oxygens (including phenoxy) is 1. The molecule has 2 aromatic rings. The Morgan fingerprint density at radius 2 is 1.58 bits per heavy atom. The summed E-state index contributed by atoms with van der Waals surface area (Å²) in [6.07, 6.45) is 5.86. The molecule has 0 spiro atoms. The van der Waals surface area contributed by atoms with Crippen molar-refractivity contribution in [2.75, 3.05) is 13.1 Å². The SMILES string of the molecule is Cc1ncsc1-c1ccc(C(C)NC(=O)C2CC(O)CN2C(=O)C(NC(=O)CCCCCCCCCNC(=O)OC(C)(C)C)C(C)(C)C)cc1. The molecule has 0 radical (unpaired) electrons. The van der Waals surface area contributed by atoms with Gasteiger partial charge in [0, 0.05) is 25.9 Å². The molecule has 4 amide bonds. The number of β-amino-alcohol motifs (C(OH)–C–C–N with tert-alkyl or cyclic N) is 1. The Hall–Kier alpha value is -3.51. The fraction of sp³-hybridized carbons (Fsp3) is 0.658. The normalized spacial score (nSPS) is 17.6. The number of thiazole rings is 1. The van der Waals surface area contributed by atoms with Crippen molar-refractivity contribution in [2.24, 2.45) is 5.41 Å². The van der Waals surface area contributed by atoms with Gasteiger partial charge < -0.3 is 30.7 Å². The van der Waals surface area contributed by atoms with Crippen LogP contribution in [0.15, 0.2) is 29.8 Å². The van der Waals surface area contributed by atoms with E-state index in [0.717, 1.165) is 60.2 Å². The third-order valence-corrected chi connectivity index (χ3v) is 9.79. The van der Waals surface area contributed by atoms with E-state index in [0.29, 0.717) is 19.4 Å². The van der Waals surface area contributed by atoms with E-state index in [4.69, 9.17) is 4.74 Å². The van der Waals surface area contributed by atoms with Crippen molar-refractivity contribution >= 4 is 35.2 Å². The van der Waals surface area contributed by atoms with Gasteiger partial charge in [0.1, 0.15) is 17.7 Å². The first kappa shape index (κ1) is 40.9. The van der Waals surface area contributed by atoms with Crippen molar-refractivity contribution in [1.29, 1.82) is 0 Å². The summed E-state index contributed by atoms with van der Waals surface area (Å²) in [5.41, 5.74) is 3.68. The van der Waals surface area contributed by atoms with E-state index in [9.17, 15) is 24.3 Å². The van der Waals surface area contributed by atoms with Crippen molar-refractivity contribution in [3.05, 3.63) is 41.0 Å². The number of hydrogen-bond acceptors (Lipinski definition) is 8. The topological polar surface area (TPSA) is 150 Å². The summed E-state index contributed by atoms with van der Waals surface area (Å²) >= 11 is 1.59. The average molecular weight is 714 g/mol. The van der Waals surface area contributed by atoms with Gasteiger partial charge in [-0.1, -0.05) is 77.1 Å². The number of carbonyl (C=O) groups is 4. The number of aliphatic hydroxyl groups excluding tert-OH is 1. The van der Waals surface area contributed by atoms with Crippen LogP contribution in [-0.2, 0) is 19.1 Å². The Kier molecular flexibility index (Phi) is 15.3. The highest BCUT2D eigenvalue weighted by Crippen LogP contribution is 2.29. The van der Waals surface area contributed by atoms with E-state index >= 15 is 0 Å². The van der Waals surface area contributed by atoms with Crippen LogP contribution in [0.1, 0.15) is 124 Å². The predicted octanol–water partition coefficient (Wildman–Crippen LogP) is 6.43. The molecule has 1 aliphatic heterocycles. The van der Waals surface area contributed by atoms with Crippen LogP contribution in [0.25, 0.3) is 10.4 Å². The predicted molar refractivity (Wildman–Crippen MR) is 198 cm³/mol. The number of likely N-dealkylation sites (tertiary alicyclic amines) is 1. The number of aromatic nitrogens is 1. The third-order valence-electron chi connectivity index (χ3n) is 8.81. The van der Waals surface area contributed by atoms with E-state index in [2.05, 4.69) is 20.9 Å². The maximum atomic E-state index is 13.9. The minimum absolute atomic E-state index is 0.0354. The van der Waals surface area contributed by atoms with Gasteiger partial charge in [0.15, 0.2) is 0 Å². The molecule has 1 fully saturated rings. The van der Waals surface area contributed by atoms with Crippen LogP contribution in [0.4, 0.5) is 4.79 Å². The van der Waals surface area contributed by atoms with Gasteiger partial charge in [-0.2, -0.15) is 0 Å². The van der Waals surface area contributed by atoms with Gasteiger partial charge >= 0.3 is 6.09 Å². The largest absolute Gasteiger partial charge is 0.444 e. The Morgan fingerprint density at radius 1 is 0.960 bits per heavy atom. The molecule has 50 heavy (non-hydrogen) atoms. The fourth-order valence-corrected chi connectivity index (χ4v) is 6.86. The van der Waals surface area contributed by atoms with E-state index in [-0.39, 0.29) is 42.8 Å². The summed E-state index contributed by atoms with van der Waals surface area (Å²) in [7, 11) is 0. The minimum Gasteiger partial charge on any atom is -0.444 e. The molecule has 4 unspecified atom stereocenters. The summed E-state index contributed by atoms with van der Waals surface area (Å²) in [6.45, 7) is 15.7. The van der Waals surface area contributed by atoms with Crippen LogP contribution in [0.5, 0.6) is 0 Å². The maximum absolute atomic E-state index is 13.9. The van der Waals surface area contributed by atoms with Gasteiger partial charge in [-0.15, -0.1) is 11.3 Å². The van der Waals surface area contributed by atoms with E-state index in [1.165, 1.54) is 4.90 Å². The van der Waals surface area contributed by atoms with E-state index < -0.39 is 29.2 Å². The first-order chi connectivity index (χ1) is 23.5. The zero-order valence-electron chi connectivity index (χ0n) is 31.3. The summed E-state index contributed by atoms with van der Waals surface area (Å²) in [6, 6.07) is 5.99. The molecule has 11 nitrogen and oxygen atoms in total. The highest BCUT2D eigenvalue weighted by atomic mass is 32.1. The number of hydrogen-bond donors (Lipinski definition) is 4. The van der Waals surface area contributed by atoms with E-state index in [1.54, 1.807) is 11.3 Å². The summed E-state index contributed by atoms with van der Waals surface area (Å²) in [5.74, 6) is -0.887. The highest BCUT2D eigenvalue weighted by Gasteiger charge is 2.44. The van der Waals surface area contributed by atoms with Gasteiger partial charge in [0.25, 0.3) is 0 Å². The van der Waals surface area contributed by atoms with Gasteiger partial charge in [-0.05, 0) is 64.0 Å². The number of benzene rings is 1. The lowest BCUT2D eigenvalue weighted by Gasteiger charge is -2.35. The first-order valence-electron chi connectivity index (χ1n) is 18.0. The smallest absolute Gasteiger partial charge is 0.407 e. The van der Waals surface area contributed by atoms with Crippen LogP contribution in [0.3, 0.4) is 0 Å². The molecule has 4 N–H and O–H groups in total. The van der Waals surface area contributed by atoms with Crippen molar-refractivity contribution in [1.82, 2.24) is 25.8 Å². The number of aryl methyl sites for hydroxylation is 1. The van der Waals surface area contributed by atoms with Gasteiger partial charge in [0.2, 0.25) is 17.7 Å². The van der Waals surface area contributed by atoms with Crippen LogP contribution in [0.2, 0.25) is 0 Å². The monoisotopic (exact) mass is 713 g/mol. The average Bonchev–Trinajstić information content (AvgIpc) is 3.64. The molecule has 3 rings (SSSR count). The molecule has 1 aromatic heterocycles. The number of alkyl carbamates (subject to hydrolysis) is 1. The van der Waals surface area contributed by atoms with Crippen molar-refractivity contribution in [3.63, 3.8) is 0 Å². The number of rotatable bonds is 16. The van der Waals surface area contributed by atoms with Crippen LogP contribution >= 0.6 is 11.3 Å². The molecule has 2 heterocycles. The lowest BCUT2D eigenvalue weighted by molar-refractivity contribution is -0.144. The molecule has 0 bridgehead atoms. The van der Waals surface area contributed by atoms with Crippen LogP contribution < -0.4 is 16.0 Å². The molecule has 1 aliphatic rings. The Morgan fingerprint density at radius 3 is 2.16 bits per heavy atom. The first-order valence-corrected chi connectivity index (χ1v) is 18.9. The molecule has 0 aliphatic carbocycles. The van der Waals surface area contributed by atoms with Crippen molar-refractivity contribution in [3.8, 4) is 10.4 Å². The zero-order chi connectivity index (χ0) is 37.1. The number of nitrogens with one attached hydrogen (secondary N) is 3.